The maximum absolute atomic E-state index is 12.7. The summed E-state index contributed by atoms with van der Waals surface area (Å²) in [5.41, 5.74) is -0.433. The highest BCUT2D eigenvalue weighted by Crippen LogP contribution is 2.46. The van der Waals surface area contributed by atoms with Gasteiger partial charge in [-0.05, 0) is 44.7 Å². The van der Waals surface area contributed by atoms with Crippen molar-refractivity contribution in [2.45, 2.75) is 37.3 Å². The number of aryl methyl sites for hydroxylation is 1. The minimum atomic E-state index is -3.57. The quantitative estimate of drug-likeness (QED) is 0.849. The number of furan rings is 1. The summed E-state index contributed by atoms with van der Waals surface area (Å²) in [5.74, 6) is 1.01. The number of nitrogens with zero attached hydrogens (tertiary/aromatic N) is 1. The van der Waals surface area contributed by atoms with E-state index >= 15 is 0 Å². The first-order chi connectivity index (χ1) is 8.94. The van der Waals surface area contributed by atoms with E-state index in [9.17, 15) is 8.42 Å². The molecule has 5 nitrogen and oxygen atoms in total. The first-order valence-corrected chi connectivity index (χ1v) is 8.05. The van der Waals surface area contributed by atoms with E-state index in [1.807, 2.05) is 6.92 Å². The summed E-state index contributed by atoms with van der Waals surface area (Å²) in [4.78, 5) is 0. The highest BCUT2D eigenvalue weighted by molar-refractivity contribution is 7.89. The van der Waals surface area contributed by atoms with Gasteiger partial charge in [0.15, 0.2) is 0 Å². The van der Waals surface area contributed by atoms with Gasteiger partial charge in [-0.1, -0.05) is 0 Å². The minimum absolute atomic E-state index is 0.0405. The van der Waals surface area contributed by atoms with Crippen molar-refractivity contribution in [1.29, 1.82) is 0 Å². The number of hydrogen-bond acceptors (Lipinski definition) is 4. The van der Waals surface area contributed by atoms with Crippen LogP contribution in [0.4, 0.5) is 0 Å². The van der Waals surface area contributed by atoms with E-state index in [0.29, 0.717) is 31.4 Å². The van der Waals surface area contributed by atoms with Gasteiger partial charge in [0.25, 0.3) is 10.0 Å². The zero-order valence-corrected chi connectivity index (χ0v) is 12.1. The van der Waals surface area contributed by atoms with Gasteiger partial charge in [0.1, 0.15) is 5.76 Å². The molecule has 2 fully saturated rings. The molecule has 1 aromatic rings. The highest BCUT2D eigenvalue weighted by atomic mass is 32.2. The van der Waals surface area contributed by atoms with Crippen molar-refractivity contribution in [3.05, 3.63) is 17.9 Å². The van der Waals surface area contributed by atoms with Crippen LogP contribution < -0.4 is 0 Å². The Kier molecular flexibility index (Phi) is 2.99. The molecule has 19 heavy (non-hydrogen) atoms. The monoisotopic (exact) mass is 285 g/mol. The Morgan fingerprint density at radius 3 is 2.68 bits per heavy atom. The minimum Gasteiger partial charge on any atom is -0.449 e. The van der Waals surface area contributed by atoms with Crippen LogP contribution in [-0.2, 0) is 14.8 Å². The molecular weight excluding hydrogens is 266 g/mol. The van der Waals surface area contributed by atoms with Crippen LogP contribution in [0, 0.1) is 12.8 Å². The molecule has 1 aliphatic heterocycles. The number of sulfonamides is 1. The van der Waals surface area contributed by atoms with E-state index in [4.69, 9.17) is 9.15 Å². The SMILES string of the molecule is Cc1ccc(S(=O)(=O)N2CCOCC2(C)C2CC2)o1. The standard InChI is InChI=1S/C13H19NO4S/c1-10-3-6-12(18-10)19(15,16)14-7-8-17-9-13(14,2)11-4-5-11/h3,6,11H,4-5,7-9H2,1-2H3. The maximum atomic E-state index is 12.7. The van der Waals surface area contributed by atoms with Crippen molar-refractivity contribution < 1.29 is 17.6 Å². The second-order valence-corrected chi connectivity index (χ2v) is 7.42. The molecule has 1 saturated carbocycles. The topological polar surface area (TPSA) is 59.8 Å². The van der Waals surface area contributed by atoms with E-state index in [1.165, 1.54) is 6.07 Å². The smallest absolute Gasteiger partial charge is 0.277 e. The van der Waals surface area contributed by atoms with E-state index < -0.39 is 15.6 Å². The fourth-order valence-electron chi connectivity index (χ4n) is 2.83. The maximum Gasteiger partial charge on any atom is 0.277 e. The van der Waals surface area contributed by atoms with Gasteiger partial charge in [-0.3, -0.25) is 0 Å². The second-order valence-electron chi connectivity index (χ2n) is 5.63. The van der Waals surface area contributed by atoms with Crippen LogP contribution in [0.5, 0.6) is 0 Å². The molecule has 0 amide bonds. The third-order valence-electron chi connectivity index (χ3n) is 4.12. The average molecular weight is 285 g/mol. The normalized spacial score (nSPS) is 29.6. The zero-order valence-electron chi connectivity index (χ0n) is 11.3. The fourth-order valence-corrected chi connectivity index (χ4v) is 4.59. The molecule has 0 bridgehead atoms. The molecule has 0 aromatic carbocycles. The second kappa shape index (κ2) is 4.33. The number of rotatable bonds is 3. The molecule has 2 heterocycles. The molecule has 1 aliphatic carbocycles. The Morgan fingerprint density at radius 2 is 2.11 bits per heavy atom. The van der Waals surface area contributed by atoms with Gasteiger partial charge in [0.05, 0.1) is 18.8 Å². The van der Waals surface area contributed by atoms with Crippen LogP contribution in [0.25, 0.3) is 0 Å². The van der Waals surface area contributed by atoms with E-state index in [-0.39, 0.29) is 5.09 Å². The molecule has 1 atom stereocenters. The van der Waals surface area contributed by atoms with Gasteiger partial charge >= 0.3 is 0 Å². The lowest BCUT2D eigenvalue weighted by Gasteiger charge is -2.43. The number of morpholine rings is 1. The molecule has 1 saturated heterocycles. The van der Waals surface area contributed by atoms with Crippen molar-refractivity contribution in [2.75, 3.05) is 19.8 Å². The predicted octanol–water partition coefficient (Wildman–Crippen LogP) is 1.78. The molecule has 6 heteroatoms. The Balaban J connectivity index is 1.98. The lowest BCUT2D eigenvalue weighted by molar-refractivity contribution is -0.0284. The molecule has 106 valence electrons. The molecule has 0 N–H and O–H groups in total. The van der Waals surface area contributed by atoms with Crippen molar-refractivity contribution in [1.82, 2.24) is 4.31 Å². The van der Waals surface area contributed by atoms with Gasteiger partial charge in [0.2, 0.25) is 5.09 Å². The first kappa shape index (κ1) is 13.1. The van der Waals surface area contributed by atoms with Crippen LogP contribution >= 0.6 is 0 Å². The average Bonchev–Trinajstić information content (AvgIpc) is 3.13. The molecular formula is C13H19NO4S. The molecule has 1 unspecified atom stereocenters. The Labute approximate surface area is 113 Å². The van der Waals surface area contributed by atoms with Crippen molar-refractivity contribution >= 4 is 10.0 Å². The third kappa shape index (κ3) is 2.11. The van der Waals surface area contributed by atoms with Gasteiger partial charge in [-0.2, -0.15) is 4.31 Å². The summed E-state index contributed by atoms with van der Waals surface area (Å²) in [6.07, 6.45) is 2.14. The zero-order chi connectivity index (χ0) is 13.7. The Hall–Kier alpha value is -0.850. The van der Waals surface area contributed by atoms with E-state index in [2.05, 4.69) is 0 Å². The third-order valence-corrected chi connectivity index (χ3v) is 6.03. The number of ether oxygens (including phenoxy) is 1. The van der Waals surface area contributed by atoms with Gasteiger partial charge in [0, 0.05) is 6.54 Å². The molecule has 3 rings (SSSR count). The fraction of sp³-hybridized carbons (Fsp3) is 0.692. The van der Waals surface area contributed by atoms with E-state index in [0.717, 1.165) is 12.8 Å². The highest BCUT2D eigenvalue weighted by Gasteiger charge is 2.52. The summed E-state index contributed by atoms with van der Waals surface area (Å²) in [6, 6.07) is 3.22. The summed E-state index contributed by atoms with van der Waals surface area (Å²) in [6.45, 7) is 5.04. The van der Waals surface area contributed by atoms with Gasteiger partial charge in [-0.15, -0.1) is 0 Å². The Morgan fingerprint density at radius 1 is 1.37 bits per heavy atom. The van der Waals surface area contributed by atoms with Gasteiger partial charge < -0.3 is 9.15 Å². The largest absolute Gasteiger partial charge is 0.449 e. The van der Waals surface area contributed by atoms with Crippen LogP contribution in [0.3, 0.4) is 0 Å². The molecule has 0 radical (unpaired) electrons. The van der Waals surface area contributed by atoms with Crippen molar-refractivity contribution in [3.63, 3.8) is 0 Å². The number of hydrogen-bond donors (Lipinski definition) is 0. The summed E-state index contributed by atoms with van der Waals surface area (Å²) in [7, 11) is -3.57. The summed E-state index contributed by atoms with van der Waals surface area (Å²) < 4.78 is 37.9. The van der Waals surface area contributed by atoms with Crippen LogP contribution in [0.1, 0.15) is 25.5 Å². The van der Waals surface area contributed by atoms with E-state index in [1.54, 1.807) is 17.3 Å². The lowest BCUT2D eigenvalue weighted by atomic mass is 9.96. The van der Waals surface area contributed by atoms with Crippen molar-refractivity contribution in [3.8, 4) is 0 Å². The molecule has 2 aliphatic rings. The summed E-state index contributed by atoms with van der Waals surface area (Å²) >= 11 is 0. The predicted molar refractivity (Wildman–Crippen MR) is 69.3 cm³/mol. The molecule has 1 aromatic heterocycles. The van der Waals surface area contributed by atoms with Crippen LogP contribution in [0.2, 0.25) is 0 Å². The van der Waals surface area contributed by atoms with Crippen molar-refractivity contribution in [2.24, 2.45) is 5.92 Å². The summed E-state index contributed by atoms with van der Waals surface area (Å²) in [5, 5.41) is 0.0405. The first-order valence-electron chi connectivity index (χ1n) is 6.61. The van der Waals surface area contributed by atoms with Crippen LogP contribution in [0.15, 0.2) is 21.6 Å². The molecule has 0 spiro atoms. The lowest BCUT2D eigenvalue weighted by Crippen LogP contribution is -2.58. The Bertz CT molecular complexity index is 575. The van der Waals surface area contributed by atoms with Crippen LogP contribution in [-0.4, -0.2) is 38.0 Å². The van der Waals surface area contributed by atoms with Gasteiger partial charge in [-0.25, -0.2) is 8.42 Å².